The fourth-order valence-corrected chi connectivity index (χ4v) is 7.12. The summed E-state index contributed by atoms with van der Waals surface area (Å²) >= 11 is 2.45. The summed E-state index contributed by atoms with van der Waals surface area (Å²) in [6.07, 6.45) is 8.75. The van der Waals surface area contributed by atoms with Gasteiger partial charge in [-0.2, -0.15) is 10.5 Å². The van der Waals surface area contributed by atoms with E-state index >= 15 is 0 Å². The van der Waals surface area contributed by atoms with Crippen molar-refractivity contribution in [2.75, 3.05) is 35.4 Å². The molecule has 6 aromatic rings. The van der Waals surface area contributed by atoms with E-state index in [1.54, 1.807) is 107 Å². The number of likely N-dealkylation sites (tertiary alicyclic amines) is 1. The SMILES string of the molecule is N#CBr.N#CN1CCC[C@H]1c1nc(-c2ccc(C(=O)Nc3ccccn3)cc2)c(C(N)=O)n1N.NC(=O)c1c(-c2ccc(C(=O)Nc3ccccn3)cc2)nc([C@@H]2CCCN2)n1N.O=CO[O-].[H-].[K+].[K+]. The molecule has 8 rings (SSSR count). The summed E-state index contributed by atoms with van der Waals surface area (Å²) in [5.41, 5.74) is 14.1. The van der Waals surface area contributed by atoms with Crippen LogP contribution in [-0.4, -0.2) is 77.4 Å². The fraction of sp³-hybridized carbons (Fsp3) is 0.186. The number of hydrogen-bond donors (Lipinski definition) is 7. The maximum atomic E-state index is 12.4. The second-order valence-corrected chi connectivity index (χ2v) is 14.5. The summed E-state index contributed by atoms with van der Waals surface area (Å²) in [6, 6.07) is 23.5. The second kappa shape index (κ2) is 28.9. The molecule has 69 heavy (non-hydrogen) atoms. The van der Waals surface area contributed by atoms with Crippen molar-refractivity contribution in [2.24, 2.45) is 11.5 Å². The minimum absolute atomic E-state index is 0. The Balaban J connectivity index is 0.000000409. The Kier molecular flexibility index (Phi) is 24.3. The van der Waals surface area contributed by atoms with Gasteiger partial charge in [0.1, 0.15) is 33.8 Å². The van der Waals surface area contributed by atoms with E-state index < -0.39 is 11.8 Å². The molecular weight excluding hydrogens is 1010 g/mol. The van der Waals surface area contributed by atoms with Crippen LogP contribution in [0.2, 0.25) is 0 Å². The summed E-state index contributed by atoms with van der Waals surface area (Å²) in [5, 5.41) is 33.8. The van der Waals surface area contributed by atoms with Gasteiger partial charge in [0.25, 0.3) is 30.1 Å². The third-order valence-electron chi connectivity index (χ3n) is 10.1. The molecular formula is C43H43BrK2N16O7. The number of imidazole rings is 2. The van der Waals surface area contributed by atoms with Gasteiger partial charge in [0.05, 0.1) is 12.1 Å². The van der Waals surface area contributed by atoms with Crippen molar-refractivity contribution in [3.8, 4) is 33.7 Å². The number of carbonyl (C=O) groups is 5. The standard InChI is InChI=1S/C21H20N8O2.C20H21N7O2.CBrN.CH2O3.2K.H/c22-12-28-11-3-4-15(28)20-27-17(18(19(23)30)29(20)24)13-6-8-14(9-7-13)21(31)26-16-5-1-2-10-25-16;21-18(28)17-16(26-19(27(17)22)14-4-3-11-23-14)12-6-8-13(9-7-12)20(29)25-15-5-1-2-10-24-15;2-1-3;2-1-4-3;;;/h1-2,5-10,15H,3-4,11,24H2,(H2,23,30)(H,25,26,31);1-2,5-10,14,23H,3-4,11,22H2,(H2,21,28)(H,24,25,29);;1,3H;;;/q;;;;2*+1;-1/p-1/t15-;14-;;;;;/m00...../s1. The maximum absolute atomic E-state index is 12.4. The van der Waals surface area contributed by atoms with E-state index in [0.29, 0.717) is 69.9 Å². The van der Waals surface area contributed by atoms with Crippen molar-refractivity contribution in [3.05, 3.63) is 131 Å². The van der Waals surface area contributed by atoms with Gasteiger partial charge >= 0.3 is 103 Å². The quantitative estimate of drug-likeness (QED) is 0.0165. The van der Waals surface area contributed by atoms with Crippen LogP contribution < -0.4 is 147 Å². The third kappa shape index (κ3) is 15.3. The van der Waals surface area contributed by atoms with Crippen molar-refractivity contribution in [3.63, 3.8) is 0 Å². The Morgan fingerprint density at radius 1 is 0.768 bits per heavy atom. The number of nitrogens with zero attached hydrogens (tertiary/aromatic N) is 9. The number of amides is 4. The van der Waals surface area contributed by atoms with E-state index in [-0.39, 0.29) is 146 Å². The predicted molar refractivity (Wildman–Crippen MR) is 244 cm³/mol. The molecule has 2 aromatic carbocycles. The molecule has 26 heteroatoms. The van der Waals surface area contributed by atoms with Crippen LogP contribution in [0.3, 0.4) is 0 Å². The Morgan fingerprint density at radius 2 is 1.22 bits per heavy atom. The number of nitrogens with two attached hydrogens (primary N) is 4. The van der Waals surface area contributed by atoms with Crippen LogP contribution >= 0.6 is 15.9 Å². The number of nitriles is 2. The molecule has 0 radical (unpaired) electrons. The minimum atomic E-state index is -0.727. The maximum Gasteiger partial charge on any atom is 1.00 e. The van der Waals surface area contributed by atoms with Crippen LogP contribution in [0.4, 0.5) is 11.6 Å². The Morgan fingerprint density at radius 3 is 1.59 bits per heavy atom. The number of benzene rings is 2. The smallest absolute Gasteiger partial charge is 1.00 e. The van der Waals surface area contributed by atoms with E-state index in [1.165, 1.54) is 9.35 Å². The zero-order valence-corrected chi connectivity index (χ0v) is 45.1. The Hall–Kier alpha value is -5.44. The van der Waals surface area contributed by atoms with Crippen LogP contribution in [0.15, 0.2) is 97.3 Å². The van der Waals surface area contributed by atoms with Gasteiger partial charge in [0, 0.05) is 57.1 Å². The number of carbonyl (C=O) groups excluding carboxylic acids is 5. The summed E-state index contributed by atoms with van der Waals surface area (Å²) < 4.78 is 2.43. The number of primary amides is 2. The molecule has 2 fully saturated rings. The summed E-state index contributed by atoms with van der Waals surface area (Å²) in [7, 11) is 0. The number of rotatable bonds is 11. The van der Waals surface area contributed by atoms with Gasteiger partial charge in [-0.15, -0.1) is 0 Å². The van der Waals surface area contributed by atoms with Crippen molar-refractivity contribution in [2.45, 2.75) is 37.8 Å². The fourth-order valence-electron chi connectivity index (χ4n) is 7.12. The molecule has 0 aliphatic carbocycles. The molecule has 2 aliphatic rings. The molecule has 346 valence electrons. The largest absolute Gasteiger partial charge is 1.00 e. The number of nitrogen functional groups attached to an aromatic ring is 2. The van der Waals surface area contributed by atoms with E-state index in [2.05, 4.69) is 62.9 Å². The molecule has 0 saturated carbocycles. The number of nitrogens with one attached hydrogen (secondary N) is 3. The first-order valence-electron chi connectivity index (χ1n) is 20.0. The molecule has 0 bridgehead atoms. The molecule has 4 aromatic heterocycles. The number of anilines is 2. The molecule has 4 amide bonds. The van der Waals surface area contributed by atoms with Crippen molar-refractivity contribution >= 4 is 57.7 Å². The zero-order chi connectivity index (χ0) is 48.5. The monoisotopic (exact) mass is 1050 g/mol. The normalized spacial score (nSPS) is 14.1. The Labute approximate surface area is 489 Å². The van der Waals surface area contributed by atoms with Crippen LogP contribution in [0.25, 0.3) is 22.5 Å². The van der Waals surface area contributed by atoms with Crippen LogP contribution in [0.5, 0.6) is 0 Å². The van der Waals surface area contributed by atoms with Crippen molar-refractivity contribution in [1.29, 1.82) is 10.5 Å². The van der Waals surface area contributed by atoms with E-state index in [1.807, 2.05) is 0 Å². The molecule has 2 saturated heterocycles. The van der Waals surface area contributed by atoms with Crippen molar-refractivity contribution < 1.29 is 138 Å². The number of pyridine rings is 2. The van der Waals surface area contributed by atoms with E-state index in [9.17, 15) is 24.4 Å². The second-order valence-electron chi connectivity index (χ2n) is 14.2. The van der Waals surface area contributed by atoms with Gasteiger partial charge in [-0.1, -0.05) is 36.4 Å². The predicted octanol–water partition coefficient (Wildman–Crippen LogP) is -3.52. The van der Waals surface area contributed by atoms with E-state index in [4.69, 9.17) is 38.5 Å². The first-order chi connectivity index (χ1) is 32.4. The van der Waals surface area contributed by atoms with Crippen LogP contribution in [0, 0.1) is 21.7 Å². The summed E-state index contributed by atoms with van der Waals surface area (Å²) in [6.45, 7) is 1.30. The van der Waals surface area contributed by atoms with Gasteiger partial charge in [0.2, 0.25) is 0 Å². The van der Waals surface area contributed by atoms with Crippen LogP contribution in [-0.2, 0) is 9.68 Å². The first kappa shape index (κ1) is 57.9. The minimum Gasteiger partial charge on any atom is -1.00 e. The summed E-state index contributed by atoms with van der Waals surface area (Å²) in [4.78, 5) is 80.6. The summed E-state index contributed by atoms with van der Waals surface area (Å²) in [5.74, 6) is 12.2. The molecule has 0 spiro atoms. The van der Waals surface area contributed by atoms with Crippen molar-refractivity contribution in [1.82, 2.24) is 39.5 Å². The molecule has 2 atom stereocenters. The topological polar surface area (TPSA) is 370 Å². The van der Waals surface area contributed by atoms with Gasteiger partial charge in [-0.25, -0.2) is 29.3 Å². The van der Waals surface area contributed by atoms with Gasteiger partial charge in [0.15, 0.2) is 23.4 Å². The number of hydrogen-bond acceptors (Lipinski definition) is 17. The van der Waals surface area contributed by atoms with Gasteiger partial charge < -0.3 is 50.7 Å². The van der Waals surface area contributed by atoms with Gasteiger partial charge in [-0.05, 0) is 80.8 Å². The first-order valence-corrected chi connectivity index (χ1v) is 20.8. The van der Waals surface area contributed by atoms with E-state index in [0.717, 1.165) is 25.8 Å². The third-order valence-corrected chi connectivity index (χ3v) is 10.1. The number of aromatic nitrogens is 6. The molecule has 0 unspecified atom stereocenters. The van der Waals surface area contributed by atoms with Crippen LogP contribution in [0.1, 0.15) is 92.5 Å². The average Bonchev–Trinajstić information content (AvgIpc) is 4.17. The molecule has 2 aliphatic heterocycles. The average molecular weight is 1050 g/mol. The van der Waals surface area contributed by atoms with Gasteiger partial charge in [-0.3, -0.25) is 28.9 Å². The molecule has 23 nitrogen and oxygen atoms in total. The zero-order valence-electron chi connectivity index (χ0n) is 38.3. The molecule has 6 heterocycles. The number of halogens is 1. The Bertz CT molecular complexity index is 2770. The molecule has 11 N–H and O–H groups in total.